The number of rotatable bonds is 10. The molecule has 0 aromatic heterocycles. The monoisotopic (exact) mass is 525 g/mol. The molecule has 2 atom stereocenters. The van der Waals surface area contributed by atoms with E-state index in [-0.39, 0.29) is 12.5 Å². The number of anilines is 1. The van der Waals surface area contributed by atoms with E-state index in [0.717, 1.165) is 28.7 Å². The van der Waals surface area contributed by atoms with Gasteiger partial charge in [0.25, 0.3) is 5.91 Å². The lowest BCUT2D eigenvalue weighted by Crippen LogP contribution is -2.54. The van der Waals surface area contributed by atoms with Crippen molar-refractivity contribution in [3.63, 3.8) is 0 Å². The Hall–Kier alpha value is -3.39. The number of aryl methyl sites for hydroxylation is 4. The largest absolute Gasteiger partial charge is 0.444 e. The number of ether oxygens (including phenoxy) is 1. The van der Waals surface area contributed by atoms with E-state index in [1.165, 1.54) is 4.90 Å². The molecule has 0 aliphatic heterocycles. The van der Waals surface area contributed by atoms with E-state index in [1.807, 2.05) is 71.0 Å². The lowest BCUT2D eigenvalue weighted by atomic mass is 9.97. The summed E-state index contributed by atoms with van der Waals surface area (Å²) in [4.78, 5) is 41.8. The second-order valence-corrected chi connectivity index (χ2v) is 10.8. The Kier molecular flexibility index (Phi) is 10.9. The molecule has 3 amide bonds. The van der Waals surface area contributed by atoms with E-state index in [4.69, 9.17) is 4.74 Å². The molecule has 208 valence electrons. The number of alkyl carbamates (subject to hydrolysis) is 1. The highest BCUT2D eigenvalue weighted by Gasteiger charge is 2.36. The van der Waals surface area contributed by atoms with Crippen LogP contribution in [-0.2, 0) is 14.3 Å². The number of unbranched alkanes of at least 4 members (excludes halogenated alkanes) is 1. The van der Waals surface area contributed by atoms with Crippen molar-refractivity contribution in [2.24, 2.45) is 0 Å². The Morgan fingerprint density at radius 2 is 1.58 bits per heavy atom. The Morgan fingerprint density at radius 1 is 1.00 bits per heavy atom. The summed E-state index contributed by atoms with van der Waals surface area (Å²) in [6.07, 6.45) is 0.600. The van der Waals surface area contributed by atoms with Gasteiger partial charge in [-0.1, -0.05) is 60.9 Å². The zero-order valence-corrected chi connectivity index (χ0v) is 24.0. The van der Waals surface area contributed by atoms with Gasteiger partial charge in [0.15, 0.2) is 0 Å². The number of amides is 3. The predicted molar refractivity (Wildman–Crippen MR) is 150 cm³/mol. The van der Waals surface area contributed by atoms with E-state index in [1.54, 1.807) is 20.8 Å². The van der Waals surface area contributed by atoms with Crippen LogP contribution >= 0.6 is 0 Å². The Labute approximate surface area is 226 Å². The van der Waals surface area contributed by atoms with Crippen LogP contribution < -0.4 is 10.6 Å². The van der Waals surface area contributed by atoms with Crippen molar-refractivity contribution in [3.05, 3.63) is 64.2 Å². The fourth-order valence-corrected chi connectivity index (χ4v) is 4.37. The van der Waals surface area contributed by atoms with Gasteiger partial charge in [-0.05, 0) is 71.6 Å². The molecule has 2 aromatic carbocycles. The number of aliphatic hydroxyl groups excluding tert-OH is 1. The maximum absolute atomic E-state index is 14.0. The minimum atomic E-state index is -1.27. The number of carbonyl (C=O) groups excluding carboxylic acids is 3. The van der Waals surface area contributed by atoms with Crippen LogP contribution in [0.4, 0.5) is 10.5 Å². The first-order valence-electron chi connectivity index (χ1n) is 13.1. The van der Waals surface area contributed by atoms with Gasteiger partial charge in [-0.15, -0.1) is 0 Å². The molecule has 2 aromatic rings. The summed E-state index contributed by atoms with van der Waals surface area (Å²) < 4.78 is 5.30. The zero-order valence-electron chi connectivity index (χ0n) is 24.0. The van der Waals surface area contributed by atoms with Gasteiger partial charge >= 0.3 is 6.09 Å². The second kappa shape index (κ2) is 13.4. The van der Waals surface area contributed by atoms with Crippen LogP contribution in [0.5, 0.6) is 0 Å². The summed E-state index contributed by atoms with van der Waals surface area (Å²) in [6.45, 7) is 14.5. The van der Waals surface area contributed by atoms with Crippen molar-refractivity contribution in [1.29, 1.82) is 0 Å². The van der Waals surface area contributed by atoms with Crippen LogP contribution in [0.3, 0.4) is 0 Å². The van der Waals surface area contributed by atoms with E-state index in [9.17, 15) is 19.5 Å². The van der Waals surface area contributed by atoms with Crippen LogP contribution in [0, 0.1) is 27.7 Å². The maximum atomic E-state index is 14.0. The molecule has 0 fully saturated rings. The quantitative estimate of drug-likeness (QED) is 0.399. The summed E-state index contributed by atoms with van der Waals surface area (Å²) in [5, 5.41) is 15.6. The minimum absolute atomic E-state index is 0.264. The molecule has 0 radical (unpaired) electrons. The highest BCUT2D eigenvalue weighted by molar-refractivity contribution is 6.00. The number of hydrogen-bond donors (Lipinski definition) is 3. The summed E-state index contributed by atoms with van der Waals surface area (Å²) in [6, 6.07) is 9.29. The van der Waals surface area contributed by atoms with E-state index >= 15 is 0 Å². The Balaban J connectivity index is 2.56. The molecule has 8 nitrogen and oxygen atoms in total. The van der Waals surface area contributed by atoms with Crippen molar-refractivity contribution in [2.75, 3.05) is 18.5 Å². The van der Waals surface area contributed by atoms with Crippen LogP contribution in [0.2, 0.25) is 0 Å². The first-order chi connectivity index (χ1) is 17.8. The summed E-state index contributed by atoms with van der Waals surface area (Å²) in [5.41, 5.74) is 4.30. The predicted octanol–water partition coefficient (Wildman–Crippen LogP) is 5.11. The molecule has 0 aliphatic carbocycles. The minimum Gasteiger partial charge on any atom is -0.444 e. The topological polar surface area (TPSA) is 108 Å². The summed E-state index contributed by atoms with van der Waals surface area (Å²) >= 11 is 0. The lowest BCUT2D eigenvalue weighted by Gasteiger charge is -2.34. The normalized spacial score (nSPS) is 12.9. The molecule has 8 heteroatoms. The van der Waals surface area contributed by atoms with Crippen molar-refractivity contribution < 1.29 is 24.2 Å². The lowest BCUT2D eigenvalue weighted by molar-refractivity contribution is -0.141. The van der Waals surface area contributed by atoms with Gasteiger partial charge < -0.3 is 25.4 Å². The molecule has 0 saturated carbocycles. The molecule has 0 spiro atoms. The first-order valence-corrected chi connectivity index (χ1v) is 13.1. The molecule has 0 aliphatic rings. The maximum Gasteiger partial charge on any atom is 0.408 e. The number of benzene rings is 2. The number of carbonyl (C=O) groups is 3. The van der Waals surface area contributed by atoms with Gasteiger partial charge in [0.1, 0.15) is 17.7 Å². The third-order valence-corrected chi connectivity index (χ3v) is 6.06. The molecule has 38 heavy (non-hydrogen) atoms. The number of nitrogens with one attached hydrogen (secondary N) is 2. The van der Waals surface area contributed by atoms with Gasteiger partial charge in [-0.3, -0.25) is 9.59 Å². The van der Waals surface area contributed by atoms with Gasteiger partial charge in [0, 0.05) is 12.2 Å². The van der Waals surface area contributed by atoms with E-state index < -0.39 is 36.3 Å². The van der Waals surface area contributed by atoms with Gasteiger partial charge in [-0.2, -0.15) is 0 Å². The van der Waals surface area contributed by atoms with Crippen LogP contribution in [-0.4, -0.2) is 52.7 Å². The molecular formula is C30H43N3O5. The number of para-hydroxylation sites is 1. The summed E-state index contributed by atoms with van der Waals surface area (Å²) in [7, 11) is 0. The molecule has 0 saturated heterocycles. The molecular weight excluding hydrogens is 482 g/mol. The van der Waals surface area contributed by atoms with Gasteiger partial charge in [0.2, 0.25) is 5.91 Å². The Bertz CT molecular complexity index is 1100. The average Bonchev–Trinajstić information content (AvgIpc) is 2.80. The third-order valence-electron chi connectivity index (χ3n) is 6.06. The van der Waals surface area contributed by atoms with E-state index in [2.05, 4.69) is 10.6 Å². The number of aliphatic hydroxyl groups is 1. The fraction of sp³-hybridized carbons (Fsp3) is 0.500. The SMILES string of the molecule is CCCCN(C(=O)C(CO)NC(=O)OC(C)(C)C)C(C(=O)Nc1c(C)cccc1C)c1cc(C)cc(C)c1. The molecule has 2 rings (SSSR count). The van der Waals surface area contributed by atoms with Gasteiger partial charge in [0.05, 0.1) is 6.61 Å². The second-order valence-electron chi connectivity index (χ2n) is 10.8. The molecule has 0 heterocycles. The van der Waals surface area contributed by atoms with Crippen LogP contribution in [0.15, 0.2) is 36.4 Å². The standard InChI is InChI=1S/C30H43N3O5/c1-9-10-14-33(28(36)24(18-34)31-29(37)38-30(6,7)8)26(23-16-19(2)15-20(3)17-23)27(35)32-25-21(4)12-11-13-22(25)5/h11-13,15-17,24,26,34H,9-10,14,18H2,1-8H3,(H,31,37)(H,32,35). The van der Waals surface area contributed by atoms with Crippen molar-refractivity contribution in [2.45, 2.75) is 85.9 Å². The van der Waals surface area contributed by atoms with Crippen LogP contribution in [0.1, 0.15) is 74.4 Å². The zero-order chi connectivity index (χ0) is 28.6. The number of nitrogens with zero attached hydrogens (tertiary/aromatic N) is 1. The van der Waals surface area contributed by atoms with Crippen molar-refractivity contribution >= 4 is 23.6 Å². The van der Waals surface area contributed by atoms with E-state index in [0.29, 0.717) is 17.7 Å². The molecule has 0 bridgehead atoms. The molecule has 2 unspecified atom stereocenters. The van der Waals surface area contributed by atoms with Crippen LogP contribution in [0.25, 0.3) is 0 Å². The van der Waals surface area contributed by atoms with Crippen molar-refractivity contribution in [1.82, 2.24) is 10.2 Å². The highest BCUT2D eigenvalue weighted by atomic mass is 16.6. The fourth-order valence-electron chi connectivity index (χ4n) is 4.37. The number of hydrogen-bond acceptors (Lipinski definition) is 5. The summed E-state index contributed by atoms with van der Waals surface area (Å²) in [5.74, 6) is -0.932. The third kappa shape index (κ3) is 8.58. The average molecular weight is 526 g/mol. The highest BCUT2D eigenvalue weighted by Crippen LogP contribution is 2.28. The van der Waals surface area contributed by atoms with Crippen molar-refractivity contribution in [3.8, 4) is 0 Å². The molecule has 3 N–H and O–H groups in total. The first kappa shape index (κ1) is 30.8. The Morgan fingerprint density at radius 3 is 2.08 bits per heavy atom. The smallest absolute Gasteiger partial charge is 0.408 e. The van der Waals surface area contributed by atoms with Gasteiger partial charge in [-0.25, -0.2) is 4.79 Å².